The van der Waals surface area contributed by atoms with Gasteiger partial charge in [-0.05, 0) is 177 Å². The number of carboxylic acids is 6. The monoisotopic (exact) mass is 1550 g/mol. The van der Waals surface area contributed by atoms with Gasteiger partial charge in [0.2, 0.25) is 5.92 Å². The molecule has 9 aromatic carbocycles. The average molecular weight is 1550 g/mol. The Hall–Kier alpha value is -14.1. The third-order valence-electron chi connectivity index (χ3n) is 17.7. The van der Waals surface area contributed by atoms with Crippen molar-refractivity contribution in [3.8, 4) is 17.1 Å². The molecular weight excluding hydrogens is 1490 g/mol. The zero-order valence-electron chi connectivity index (χ0n) is 58.1. The minimum absolute atomic E-state index is 0.00954. The van der Waals surface area contributed by atoms with Crippen molar-refractivity contribution in [2.45, 2.75) is 76.4 Å². The van der Waals surface area contributed by atoms with Crippen molar-refractivity contribution in [2.75, 3.05) is 0 Å². The number of imidazole rings is 6. The number of hydrogen-bond donors (Lipinski definition) is 6. The molecular formula is C78H60F10N12O12. The lowest BCUT2D eigenvalue weighted by Gasteiger charge is -2.29. The first-order chi connectivity index (χ1) is 53.2. The van der Waals surface area contributed by atoms with Gasteiger partial charge in [0.15, 0.2) is 11.6 Å². The predicted molar refractivity (Wildman–Crippen MR) is 388 cm³/mol. The fraction of sp³-hybridized carbons (Fsp3) is 0.154. The van der Waals surface area contributed by atoms with Gasteiger partial charge in [0.25, 0.3) is 0 Å². The summed E-state index contributed by atoms with van der Waals surface area (Å²) in [4.78, 5) is 89.6. The minimum Gasteiger partial charge on any atom is -0.478 e. The van der Waals surface area contributed by atoms with E-state index in [1.807, 2.05) is 51.0 Å². The summed E-state index contributed by atoms with van der Waals surface area (Å²) in [5, 5.41) is 53.3. The molecule has 0 aliphatic heterocycles. The lowest BCUT2D eigenvalue weighted by Crippen LogP contribution is -2.26. The summed E-state index contributed by atoms with van der Waals surface area (Å²) in [6.45, 7) is 2.63. The molecule has 0 radical (unpaired) electrons. The summed E-state index contributed by atoms with van der Waals surface area (Å²) in [6, 6.07) is 45.6. The van der Waals surface area contributed by atoms with E-state index in [0.717, 1.165) is 58.6 Å². The maximum Gasteiger partial charge on any atom is 0.416 e. The largest absolute Gasteiger partial charge is 0.478 e. The molecule has 0 bridgehead atoms. The molecule has 34 heteroatoms. The molecule has 0 saturated heterocycles. The van der Waals surface area contributed by atoms with Crippen molar-refractivity contribution in [1.82, 2.24) is 57.3 Å². The van der Waals surface area contributed by atoms with Crippen molar-refractivity contribution in [3.05, 3.63) is 271 Å². The van der Waals surface area contributed by atoms with E-state index in [1.54, 1.807) is 82.7 Å². The van der Waals surface area contributed by atoms with Crippen LogP contribution in [0.1, 0.15) is 113 Å². The predicted octanol–water partition coefficient (Wildman–Crippen LogP) is 17.4. The Labute approximate surface area is 624 Å². The molecule has 0 atom stereocenters. The van der Waals surface area contributed by atoms with Crippen LogP contribution in [-0.4, -0.2) is 136 Å². The number of hydrogen-bond acceptors (Lipinski definition) is 12. The highest BCUT2D eigenvalue weighted by Crippen LogP contribution is 2.40. The lowest BCUT2D eigenvalue weighted by molar-refractivity contribution is -0.138. The third-order valence-corrected chi connectivity index (χ3v) is 17.7. The molecule has 574 valence electrons. The Kier molecular flexibility index (Phi) is 23.4. The first-order valence-electron chi connectivity index (χ1n) is 33.5. The van der Waals surface area contributed by atoms with E-state index in [4.69, 9.17) is 30.6 Å². The topological polar surface area (TPSA) is 331 Å². The number of para-hydroxylation sites is 1. The van der Waals surface area contributed by atoms with Gasteiger partial charge in [0.1, 0.15) is 19.0 Å². The second-order valence-electron chi connectivity index (χ2n) is 24.9. The maximum absolute atomic E-state index is 13.3. The van der Waals surface area contributed by atoms with Gasteiger partial charge in [-0.2, -0.15) is 26.3 Å². The molecule has 15 aromatic rings. The molecule has 6 heterocycles. The summed E-state index contributed by atoms with van der Waals surface area (Å²) < 4.78 is 137. The van der Waals surface area contributed by atoms with Crippen LogP contribution in [0.5, 0.6) is 0 Å². The molecule has 24 nitrogen and oxygen atoms in total. The van der Waals surface area contributed by atoms with Crippen LogP contribution in [0.4, 0.5) is 43.9 Å². The number of carboxylic acid groups (broad SMARTS) is 6. The van der Waals surface area contributed by atoms with Gasteiger partial charge in [0.05, 0.1) is 136 Å². The quantitative estimate of drug-likeness (QED) is 0.0584. The number of carbonyl (C=O) groups is 6. The van der Waals surface area contributed by atoms with Gasteiger partial charge in [-0.1, -0.05) is 18.2 Å². The van der Waals surface area contributed by atoms with E-state index in [9.17, 15) is 72.7 Å². The van der Waals surface area contributed by atoms with Crippen LogP contribution in [0.2, 0.25) is 0 Å². The SMILES string of the molecule is CCn1cnc2cc(C(=O)O)ccc21.O=C(O)c1ccc2c(c1)ncn2-c1ccc(C(F)(F)F)cc1.O=C(O)c1ccc2c(c1)ncn2-c1ccc(F)c(F)c1.O=C(O)c1ccc2c(c1)ncn2-c1ccccc1.O=C(O)c1ccc2c(c1)ncn2C1CCC(F)(F)CC1.O=C(O)c1ccc2c(c1)ncn2CCC(F)(F)F. The number of nitrogens with zero attached hydrogens (tertiary/aromatic N) is 12. The van der Waals surface area contributed by atoms with E-state index in [-0.39, 0.29) is 58.8 Å². The molecule has 6 aromatic heterocycles. The summed E-state index contributed by atoms with van der Waals surface area (Å²) in [5.74, 6) is -10.5. The van der Waals surface area contributed by atoms with Crippen LogP contribution in [-0.2, 0) is 19.3 Å². The summed E-state index contributed by atoms with van der Waals surface area (Å²) in [7, 11) is 0. The highest BCUT2D eigenvalue weighted by Gasteiger charge is 2.36. The van der Waals surface area contributed by atoms with E-state index < -0.39 is 77.7 Å². The van der Waals surface area contributed by atoms with Gasteiger partial charge < -0.3 is 44.3 Å². The molecule has 112 heavy (non-hydrogen) atoms. The standard InChI is InChI=1S/C15H9F3N2O2.C14H8F2N2O2.C14H14F2N2O2.C14H10N2O2.C11H9F3N2O2.C10H10N2O2/c16-15(17,18)10-2-4-11(5-3-10)20-8-19-12-7-9(14(21)22)1-6-13(12)20;15-10-3-2-9(6-11(10)16)18-7-17-12-5-8(14(19)20)1-4-13(12)18;15-14(16)5-3-10(4-6-14)18-8-17-11-7-9(13(19)20)1-2-12(11)18;17-14(18)10-6-7-13-12(8-10)15-9-16(13)11-4-2-1-3-5-11;12-11(13,14)3-4-16-6-15-8-5-7(10(17)18)1-2-9(8)16;1-2-12-6-11-8-5-7(10(13)14)3-4-9(8)12/h1-8H,(H,21,22);1-7H,(H,19,20);1-2,7-8,10H,3-6H2,(H,19,20);1-9H,(H,17,18);1-2,5-6H,3-4H2,(H,17,18);3-6H,2H2,1H3,(H,13,14). The minimum atomic E-state index is -4.38. The first-order valence-corrected chi connectivity index (χ1v) is 33.5. The molecule has 1 aliphatic rings. The molecule has 1 fully saturated rings. The molecule has 1 aliphatic carbocycles. The number of aromatic carboxylic acids is 6. The molecule has 1 saturated carbocycles. The number of rotatable bonds is 13. The molecule has 16 rings (SSSR count). The molecule has 6 N–H and O–H groups in total. The van der Waals surface area contributed by atoms with Crippen LogP contribution in [0.25, 0.3) is 83.3 Å². The summed E-state index contributed by atoms with van der Waals surface area (Å²) in [6.07, 6.45) is 0.256. The van der Waals surface area contributed by atoms with E-state index in [1.165, 1.54) is 96.3 Å². The Morgan fingerprint density at radius 1 is 0.393 bits per heavy atom. The number of alkyl halides is 8. The summed E-state index contributed by atoms with van der Waals surface area (Å²) in [5.41, 5.74) is 9.85. The lowest BCUT2D eigenvalue weighted by atomic mass is 9.92. The smallest absolute Gasteiger partial charge is 0.416 e. The van der Waals surface area contributed by atoms with Crippen molar-refractivity contribution in [1.29, 1.82) is 0 Å². The Morgan fingerprint density at radius 3 is 1.12 bits per heavy atom. The Bertz CT molecular complexity index is 6000. The van der Waals surface area contributed by atoms with Gasteiger partial charge in [-0.3, -0.25) is 13.7 Å². The molecule has 0 amide bonds. The fourth-order valence-corrected chi connectivity index (χ4v) is 11.9. The average Bonchev–Trinajstić information content (AvgIpc) is 1.63. The van der Waals surface area contributed by atoms with Crippen molar-refractivity contribution < 1.29 is 103 Å². The second-order valence-corrected chi connectivity index (χ2v) is 24.9. The van der Waals surface area contributed by atoms with Crippen LogP contribution in [0, 0.1) is 11.6 Å². The second kappa shape index (κ2) is 33.2. The van der Waals surface area contributed by atoms with Crippen LogP contribution < -0.4 is 0 Å². The highest BCUT2D eigenvalue weighted by atomic mass is 19.4. The number of aryl methyl sites for hydroxylation is 2. The van der Waals surface area contributed by atoms with Crippen molar-refractivity contribution in [2.24, 2.45) is 0 Å². The Morgan fingerprint density at radius 2 is 0.732 bits per heavy atom. The van der Waals surface area contributed by atoms with Crippen molar-refractivity contribution in [3.63, 3.8) is 0 Å². The molecule has 0 unspecified atom stereocenters. The van der Waals surface area contributed by atoms with Crippen LogP contribution >= 0.6 is 0 Å². The molecule has 0 spiro atoms. The number of fused-ring (bicyclic) bond motifs is 6. The number of benzene rings is 9. The van der Waals surface area contributed by atoms with Gasteiger partial charge >= 0.3 is 48.2 Å². The Balaban J connectivity index is 0.000000133. The van der Waals surface area contributed by atoms with Gasteiger partial charge in [-0.15, -0.1) is 0 Å². The van der Waals surface area contributed by atoms with Crippen molar-refractivity contribution >= 4 is 102 Å². The van der Waals surface area contributed by atoms with E-state index >= 15 is 0 Å². The zero-order valence-corrected chi connectivity index (χ0v) is 58.1. The maximum atomic E-state index is 13.3. The number of halogens is 10. The zero-order chi connectivity index (χ0) is 80.5. The van der Waals surface area contributed by atoms with E-state index in [0.29, 0.717) is 68.4 Å². The fourth-order valence-electron chi connectivity index (χ4n) is 11.9. The highest BCUT2D eigenvalue weighted by molar-refractivity contribution is 5.96. The number of aromatic nitrogens is 12. The van der Waals surface area contributed by atoms with Crippen LogP contribution in [0.3, 0.4) is 0 Å². The van der Waals surface area contributed by atoms with Gasteiger partial charge in [-0.25, -0.2) is 76.2 Å². The third kappa shape index (κ3) is 18.7. The van der Waals surface area contributed by atoms with Gasteiger partial charge in [0, 0.05) is 49.4 Å². The summed E-state index contributed by atoms with van der Waals surface area (Å²) >= 11 is 0. The normalized spacial score (nSPS) is 12.7. The first kappa shape index (κ1) is 79.0. The van der Waals surface area contributed by atoms with Crippen LogP contribution in [0.15, 0.2) is 220 Å². The van der Waals surface area contributed by atoms with E-state index in [2.05, 4.69) is 29.9 Å².